The van der Waals surface area contributed by atoms with Crippen LogP contribution < -0.4 is 10.0 Å². The summed E-state index contributed by atoms with van der Waals surface area (Å²) >= 11 is 5.79. The number of carbonyl (C=O) groups excluding carboxylic acids is 2. The predicted octanol–water partition coefficient (Wildman–Crippen LogP) is 2.53. The third kappa shape index (κ3) is 5.94. The number of benzene rings is 2. The van der Waals surface area contributed by atoms with Gasteiger partial charge in [0.2, 0.25) is 15.9 Å². The van der Waals surface area contributed by atoms with Gasteiger partial charge in [-0.15, -0.1) is 0 Å². The van der Waals surface area contributed by atoms with E-state index in [0.717, 1.165) is 5.56 Å². The van der Waals surface area contributed by atoms with E-state index in [-0.39, 0.29) is 29.6 Å². The van der Waals surface area contributed by atoms with Crippen molar-refractivity contribution in [3.05, 3.63) is 64.7 Å². The van der Waals surface area contributed by atoms with Crippen molar-refractivity contribution >= 4 is 33.3 Å². The van der Waals surface area contributed by atoms with Crippen LogP contribution in [0.15, 0.2) is 53.4 Å². The summed E-state index contributed by atoms with van der Waals surface area (Å²) in [6.07, 6.45) is 0.0123. The Balaban J connectivity index is 1.80. The largest absolute Gasteiger partial charge is 0.352 e. The van der Waals surface area contributed by atoms with Crippen molar-refractivity contribution in [3.8, 4) is 0 Å². The van der Waals surface area contributed by atoms with Crippen LogP contribution in [0.3, 0.4) is 0 Å². The zero-order valence-corrected chi connectivity index (χ0v) is 15.7. The molecule has 0 aliphatic carbocycles. The molecule has 0 aromatic heterocycles. The molecular formula is C18H19ClN2O4S. The molecule has 0 saturated carbocycles. The van der Waals surface area contributed by atoms with Crippen LogP contribution in [0.25, 0.3) is 0 Å². The van der Waals surface area contributed by atoms with Crippen LogP contribution in [0.1, 0.15) is 29.3 Å². The minimum absolute atomic E-state index is 0.0123. The SMILES string of the molecule is CC(=O)c1ccc(S(=O)(=O)NCCC(=O)NCc2ccc(Cl)cc2)cc1. The number of hydrogen-bond acceptors (Lipinski definition) is 4. The predicted molar refractivity (Wildman–Crippen MR) is 99.6 cm³/mol. The summed E-state index contributed by atoms with van der Waals surface area (Å²) in [5, 5.41) is 3.33. The number of nitrogens with one attached hydrogen (secondary N) is 2. The van der Waals surface area contributed by atoms with E-state index in [1.165, 1.54) is 31.2 Å². The summed E-state index contributed by atoms with van der Waals surface area (Å²) in [4.78, 5) is 23.1. The third-order valence-electron chi connectivity index (χ3n) is 3.62. The highest BCUT2D eigenvalue weighted by atomic mass is 35.5. The molecule has 2 rings (SSSR count). The fourth-order valence-electron chi connectivity index (χ4n) is 2.14. The van der Waals surface area contributed by atoms with Crippen molar-refractivity contribution in [2.45, 2.75) is 24.8 Å². The van der Waals surface area contributed by atoms with Crippen LogP contribution >= 0.6 is 11.6 Å². The number of hydrogen-bond donors (Lipinski definition) is 2. The number of rotatable bonds is 8. The molecule has 0 saturated heterocycles. The standard InChI is InChI=1S/C18H19ClN2O4S/c1-13(22)15-4-8-17(9-5-15)26(24,25)21-11-10-18(23)20-12-14-2-6-16(19)7-3-14/h2-9,21H,10-12H2,1H3,(H,20,23). The van der Waals surface area contributed by atoms with Gasteiger partial charge in [-0.25, -0.2) is 13.1 Å². The van der Waals surface area contributed by atoms with Gasteiger partial charge in [0, 0.05) is 30.1 Å². The first-order valence-electron chi connectivity index (χ1n) is 7.90. The molecule has 6 nitrogen and oxygen atoms in total. The number of carbonyl (C=O) groups is 2. The molecule has 0 bridgehead atoms. The second-order valence-electron chi connectivity index (χ2n) is 5.63. The van der Waals surface area contributed by atoms with E-state index in [1.54, 1.807) is 24.3 Å². The zero-order chi connectivity index (χ0) is 19.2. The fourth-order valence-corrected chi connectivity index (χ4v) is 3.30. The van der Waals surface area contributed by atoms with E-state index < -0.39 is 10.0 Å². The lowest BCUT2D eigenvalue weighted by molar-refractivity contribution is -0.121. The minimum atomic E-state index is -3.73. The van der Waals surface area contributed by atoms with E-state index in [2.05, 4.69) is 10.0 Å². The molecule has 0 unspecified atom stereocenters. The number of ketones is 1. The van der Waals surface area contributed by atoms with Gasteiger partial charge >= 0.3 is 0 Å². The van der Waals surface area contributed by atoms with E-state index in [0.29, 0.717) is 17.1 Å². The van der Waals surface area contributed by atoms with Crippen LogP contribution in [0.4, 0.5) is 0 Å². The molecule has 0 atom stereocenters. The highest BCUT2D eigenvalue weighted by Gasteiger charge is 2.14. The van der Waals surface area contributed by atoms with Gasteiger partial charge in [-0.3, -0.25) is 9.59 Å². The van der Waals surface area contributed by atoms with Crippen LogP contribution in [0, 0.1) is 0 Å². The summed E-state index contributed by atoms with van der Waals surface area (Å²) in [6.45, 7) is 1.73. The van der Waals surface area contributed by atoms with Crippen molar-refractivity contribution in [2.75, 3.05) is 6.54 Å². The Morgan fingerprint density at radius 3 is 2.19 bits per heavy atom. The lowest BCUT2D eigenvalue weighted by atomic mass is 10.2. The molecule has 138 valence electrons. The molecule has 26 heavy (non-hydrogen) atoms. The molecule has 8 heteroatoms. The first-order chi connectivity index (χ1) is 12.3. The Bertz CT molecular complexity index is 878. The maximum Gasteiger partial charge on any atom is 0.240 e. The fraction of sp³-hybridized carbons (Fsp3) is 0.222. The van der Waals surface area contributed by atoms with Gasteiger partial charge in [-0.2, -0.15) is 0 Å². The molecule has 2 aromatic rings. The molecular weight excluding hydrogens is 376 g/mol. The number of Topliss-reactive ketones (excluding diaryl/α,β-unsaturated/α-hetero) is 1. The van der Waals surface area contributed by atoms with E-state index in [1.807, 2.05) is 0 Å². The molecule has 0 radical (unpaired) electrons. The third-order valence-corrected chi connectivity index (χ3v) is 5.35. The molecule has 2 aromatic carbocycles. The van der Waals surface area contributed by atoms with Gasteiger partial charge in [0.25, 0.3) is 0 Å². The number of sulfonamides is 1. The molecule has 0 heterocycles. The number of halogens is 1. The monoisotopic (exact) mass is 394 g/mol. The maximum atomic E-state index is 12.2. The molecule has 0 fully saturated rings. The zero-order valence-electron chi connectivity index (χ0n) is 14.2. The summed E-state index contributed by atoms with van der Waals surface area (Å²) in [5.74, 6) is -0.408. The molecule has 0 aliphatic heterocycles. The Hall–Kier alpha value is -2.22. The number of amides is 1. The van der Waals surface area contributed by atoms with Gasteiger partial charge in [0.15, 0.2) is 5.78 Å². The second-order valence-corrected chi connectivity index (χ2v) is 7.83. The molecule has 0 aliphatic rings. The molecule has 0 spiro atoms. The summed E-state index contributed by atoms with van der Waals surface area (Å²) in [5.41, 5.74) is 1.33. The topological polar surface area (TPSA) is 92.3 Å². The first kappa shape index (κ1) is 20.1. The lowest BCUT2D eigenvalue weighted by Crippen LogP contribution is -2.30. The van der Waals surface area contributed by atoms with Crippen LogP contribution in [0.5, 0.6) is 0 Å². The first-order valence-corrected chi connectivity index (χ1v) is 9.76. The van der Waals surface area contributed by atoms with Gasteiger partial charge in [-0.1, -0.05) is 35.9 Å². The highest BCUT2D eigenvalue weighted by Crippen LogP contribution is 2.11. The second kappa shape index (κ2) is 8.93. The Kier molecular flexibility index (Phi) is 6.90. The van der Waals surface area contributed by atoms with Gasteiger partial charge in [0.1, 0.15) is 0 Å². The maximum absolute atomic E-state index is 12.2. The van der Waals surface area contributed by atoms with Gasteiger partial charge in [-0.05, 0) is 36.8 Å². The highest BCUT2D eigenvalue weighted by molar-refractivity contribution is 7.89. The van der Waals surface area contributed by atoms with Crippen molar-refractivity contribution in [3.63, 3.8) is 0 Å². The summed E-state index contributed by atoms with van der Waals surface area (Å²) in [6, 6.07) is 12.7. The van der Waals surface area contributed by atoms with E-state index in [4.69, 9.17) is 11.6 Å². The van der Waals surface area contributed by atoms with Gasteiger partial charge < -0.3 is 5.32 Å². The Morgan fingerprint density at radius 2 is 1.62 bits per heavy atom. The van der Waals surface area contributed by atoms with Crippen molar-refractivity contribution < 1.29 is 18.0 Å². The van der Waals surface area contributed by atoms with E-state index in [9.17, 15) is 18.0 Å². The average molecular weight is 395 g/mol. The van der Waals surface area contributed by atoms with Crippen molar-refractivity contribution in [1.29, 1.82) is 0 Å². The van der Waals surface area contributed by atoms with Crippen LogP contribution in [0.2, 0.25) is 5.02 Å². The normalized spacial score (nSPS) is 11.2. The van der Waals surface area contributed by atoms with Crippen molar-refractivity contribution in [1.82, 2.24) is 10.0 Å². The quantitative estimate of drug-likeness (QED) is 0.673. The average Bonchev–Trinajstić information content (AvgIpc) is 2.61. The Morgan fingerprint density at radius 1 is 1.00 bits per heavy atom. The minimum Gasteiger partial charge on any atom is -0.352 e. The molecule has 2 N–H and O–H groups in total. The van der Waals surface area contributed by atoms with Crippen LogP contribution in [-0.2, 0) is 21.4 Å². The van der Waals surface area contributed by atoms with E-state index >= 15 is 0 Å². The smallest absolute Gasteiger partial charge is 0.240 e. The van der Waals surface area contributed by atoms with Crippen LogP contribution in [-0.4, -0.2) is 26.7 Å². The molecule has 1 amide bonds. The Labute approximate surface area is 157 Å². The van der Waals surface area contributed by atoms with Crippen molar-refractivity contribution in [2.24, 2.45) is 0 Å². The summed E-state index contributed by atoms with van der Waals surface area (Å²) in [7, 11) is -3.73. The van der Waals surface area contributed by atoms with Gasteiger partial charge in [0.05, 0.1) is 4.90 Å². The lowest BCUT2D eigenvalue weighted by Gasteiger charge is -2.08. The summed E-state index contributed by atoms with van der Waals surface area (Å²) < 4.78 is 26.7.